The average Bonchev–Trinajstić information content (AvgIpc) is 3.22. The second-order valence-electron chi connectivity index (χ2n) is 6.03. The molecule has 0 aromatic heterocycles. The van der Waals surface area contributed by atoms with Crippen LogP contribution >= 0.6 is 11.8 Å². The summed E-state index contributed by atoms with van der Waals surface area (Å²) in [4.78, 5) is 18.4. The van der Waals surface area contributed by atoms with Crippen LogP contribution in [0.4, 0.5) is 18.9 Å². The number of ether oxygens (including phenoxy) is 2. The molecule has 2 aliphatic heterocycles. The number of hydrogen-bond donors (Lipinski definition) is 0. The van der Waals surface area contributed by atoms with Crippen LogP contribution in [-0.2, 0) is 11.0 Å². The van der Waals surface area contributed by atoms with E-state index >= 15 is 0 Å². The highest BCUT2D eigenvalue weighted by Gasteiger charge is 2.32. The van der Waals surface area contributed by atoms with Crippen molar-refractivity contribution in [3.8, 4) is 11.5 Å². The largest absolute Gasteiger partial charge is 0.454 e. The highest BCUT2D eigenvalue weighted by Crippen LogP contribution is 2.37. The summed E-state index contributed by atoms with van der Waals surface area (Å²) in [6.07, 6.45) is -2.77. The number of fused-ring (bicyclic) bond motifs is 1. The van der Waals surface area contributed by atoms with Gasteiger partial charge in [0, 0.05) is 7.05 Å². The monoisotopic (exact) mass is 406 g/mol. The summed E-state index contributed by atoms with van der Waals surface area (Å²) in [6, 6.07) is 9.96. The van der Waals surface area contributed by atoms with E-state index in [0.29, 0.717) is 21.6 Å². The first kappa shape index (κ1) is 18.4. The Kier molecular flexibility index (Phi) is 4.54. The number of halogens is 3. The second-order valence-corrected chi connectivity index (χ2v) is 7.04. The Balaban J connectivity index is 1.61. The molecule has 1 saturated heterocycles. The van der Waals surface area contributed by atoms with E-state index < -0.39 is 11.7 Å². The second kappa shape index (κ2) is 6.90. The molecular weight excluding hydrogens is 393 g/mol. The molecule has 4 rings (SSSR count). The first-order chi connectivity index (χ1) is 13.3. The minimum absolute atomic E-state index is 0.126. The van der Waals surface area contributed by atoms with Crippen molar-refractivity contribution in [3.05, 3.63) is 58.5 Å². The number of thioether (sulfide) groups is 1. The third-order valence-electron chi connectivity index (χ3n) is 4.10. The highest BCUT2D eigenvalue weighted by atomic mass is 32.2. The van der Waals surface area contributed by atoms with E-state index in [4.69, 9.17) is 9.47 Å². The third-order valence-corrected chi connectivity index (χ3v) is 5.16. The molecule has 0 N–H and O–H groups in total. The lowest BCUT2D eigenvalue weighted by atomic mass is 10.2. The van der Waals surface area contributed by atoms with Crippen LogP contribution < -0.4 is 9.47 Å². The van der Waals surface area contributed by atoms with Crippen LogP contribution in [0.1, 0.15) is 11.1 Å². The van der Waals surface area contributed by atoms with Crippen LogP contribution in [0.5, 0.6) is 11.5 Å². The van der Waals surface area contributed by atoms with Crippen LogP contribution in [0.15, 0.2) is 52.4 Å². The maximum absolute atomic E-state index is 12.9. The van der Waals surface area contributed by atoms with E-state index in [-0.39, 0.29) is 18.4 Å². The summed E-state index contributed by atoms with van der Waals surface area (Å²) in [5.41, 5.74) is 0.0811. The molecule has 9 heteroatoms. The number of aliphatic imine (C=N–C) groups is 1. The van der Waals surface area contributed by atoms with Gasteiger partial charge in [0.2, 0.25) is 6.79 Å². The van der Waals surface area contributed by atoms with E-state index in [1.54, 1.807) is 24.3 Å². The fraction of sp³-hybridized carbons (Fsp3) is 0.158. The van der Waals surface area contributed by atoms with E-state index in [9.17, 15) is 18.0 Å². The van der Waals surface area contributed by atoms with Crippen LogP contribution in [-0.4, -0.2) is 29.8 Å². The number of amides is 1. The molecule has 0 atom stereocenters. The number of carbonyl (C=O) groups is 1. The minimum Gasteiger partial charge on any atom is -0.454 e. The maximum atomic E-state index is 12.9. The van der Waals surface area contributed by atoms with Crippen molar-refractivity contribution in [2.24, 2.45) is 4.99 Å². The van der Waals surface area contributed by atoms with Gasteiger partial charge in [-0.05, 0) is 53.7 Å². The van der Waals surface area contributed by atoms with Crippen molar-refractivity contribution >= 4 is 34.6 Å². The van der Waals surface area contributed by atoms with E-state index in [2.05, 4.69) is 4.99 Å². The lowest BCUT2D eigenvalue weighted by Gasteiger charge is -2.09. The number of hydrogen-bond acceptors (Lipinski definition) is 5. The quantitative estimate of drug-likeness (QED) is 0.681. The van der Waals surface area contributed by atoms with Gasteiger partial charge in [0.05, 0.1) is 16.2 Å². The number of carbonyl (C=O) groups excluding carboxylic acids is 1. The zero-order chi connectivity index (χ0) is 19.9. The van der Waals surface area contributed by atoms with Gasteiger partial charge in [-0.2, -0.15) is 13.2 Å². The van der Waals surface area contributed by atoms with Gasteiger partial charge in [0.25, 0.3) is 5.91 Å². The summed E-state index contributed by atoms with van der Waals surface area (Å²) >= 11 is 1.10. The molecule has 1 amide bonds. The standard InChI is InChI=1S/C19H13F3N2O3S/c1-24-17(25)16(8-11-5-6-14-15(7-11)27-10-26-14)28-18(24)23-13-4-2-3-12(9-13)19(20,21)22/h2-9H,10H2,1H3/b16-8+,23-18?. The van der Waals surface area contributed by atoms with Crippen molar-refractivity contribution in [2.45, 2.75) is 6.18 Å². The summed E-state index contributed by atoms with van der Waals surface area (Å²) in [5.74, 6) is 0.945. The topological polar surface area (TPSA) is 51.1 Å². The molecule has 2 heterocycles. The van der Waals surface area contributed by atoms with Crippen LogP contribution in [0, 0.1) is 0 Å². The van der Waals surface area contributed by atoms with E-state index in [1.807, 2.05) is 0 Å². The Labute approximate surface area is 162 Å². The Bertz CT molecular complexity index is 1020. The van der Waals surface area contributed by atoms with Gasteiger partial charge >= 0.3 is 6.18 Å². The smallest absolute Gasteiger partial charge is 0.416 e. The molecule has 2 aromatic carbocycles. The molecule has 0 spiro atoms. The Morgan fingerprint density at radius 2 is 1.93 bits per heavy atom. The number of likely N-dealkylation sites (N-methyl/N-ethyl adjacent to an activating group) is 1. The fourth-order valence-electron chi connectivity index (χ4n) is 2.67. The van der Waals surface area contributed by atoms with Crippen molar-refractivity contribution < 1.29 is 27.4 Å². The molecule has 5 nitrogen and oxygen atoms in total. The van der Waals surface area contributed by atoms with Crippen molar-refractivity contribution in [3.63, 3.8) is 0 Å². The molecule has 2 aliphatic rings. The molecule has 1 fully saturated rings. The summed E-state index contributed by atoms with van der Waals surface area (Å²) in [7, 11) is 1.53. The number of nitrogens with zero attached hydrogens (tertiary/aromatic N) is 2. The zero-order valence-corrected chi connectivity index (χ0v) is 15.3. The van der Waals surface area contributed by atoms with Gasteiger partial charge < -0.3 is 9.47 Å². The maximum Gasteiger partial charge on any atom is 0.416 e. The summed E-state index contributed by atoms with van der Waals surface area (Å²) in [5, 5.41) is 0.302. The van der Waals surface area contributed by atoms with Crippen molar-refractivity contribution in [1.29, 1.82) is 0 Å². The molecule has 0 bridgehead atoms. The molecule has 0 radical (unpaired) electrons. The molecule has 0 unspecified atom stereocenters. The van der Waals surface area contributed by atoms with Crippen LogP contribution in [0.25, 0.3) is 6.08 Å². The number of alkyl halides is 3. The van der Waals surface area contributed by atoms with Gasteiger partial charge in [-0.1, -0.05) is 12.1 Å². The molecule has 0 aliphatic carbocycles. The SMILES string of the molecule is CN1C(=O)/C(=C\c2ccc3c(c2)OCO3)SC1=Nc1cccc(C(F)(F)F)c1. The van der Waals surface area contributed by atoms with Gasteiger partial charge in [0.1, 0.15) is 0 Å². The molecular formula is C19H13F3N2O3S. The predicted molar refractivity (Wildman–Crippen MR) is 99.4 cm³/mol. The summed E-state index contributed by atoms with van der Waals surface area (Å²) in [6.45, 7) is 0.152. The van der Waals surface area contributed by atoms with Crippen LogP contribution in [0.2, 0.25) is 0 Å². The predicted octanol–water partition coefficient (Wildman–Crippen LogP) is 4.67. The lowest BCUT2D eigenvalue weighted by molar-refractivity contribution is -0.137. The minimum atomic E-state index is -4.45. The van der Waals surface area contributed by atoms with E-state index in [1.165, 1.54) is 24.1 Å². The normalized spacial score (nSPS) is 19.1. The number of amidine groups is 1. The van der Waals surface area contributed by atoms with Gasteiger partial charge in [-0.15, -0.1) is 0 Å². The summed E-state index contributed by atoms with van der Waals surface area (Å²) < 4.78 is 49.2. The average molecular weight is 406 g/mol. The van der Waals surface area contributed by atoms with Gasteiger partial charge in [-0.3, -0.25) is 9.69 Å². The fourth-order valence-corrected chi connectivity index (χ4v) is 3.65. The van der Waals surface area contributed by atoms with Gasteiger partial charge in [-0.25, -0.2) is 4.99 Å². The first-order valence-corrected chi connectivity index (χ1v) is 8.96. The number of benzene rings is 2. The van der Waals surface area contributed by atoms with Crippen molar-refractivity contribution in [1.82, 2.24) is 4.90 Å². The Morgan fingerprint density at radius 1 is 1.14 bits per heavy atom. The first-order valence-electron chi connectivity index (χ1n) is 8.14. The lowest BCUT2D eigenvalue weighted by Crippen LogP contribution is -2.23. The van der Waals surface area contributed by atoms with Crippen LogP contribution in [0.3, 0.4) is 0 Å². The Hall–Kier alpha value is -2.94. The zero-order valence-electron chi connectivity index (χ0n) is 14.5. The molecule has 0 saturated carbocycles. The van der Waals surface area contributed by atoms with Gasteiger partial charge in [0.15, 0.2) is 16.7 Å². The third kappa shape index (κ3) is 3.57. The van der Waals surface area contributed by atoms with E-state index in [0.717, 1.165) is 29.5 Å². The molecule has 2 aromatic rings. The Morgan fingerprint density at radius 3 is 2.71 bits per heavy atom. The van der Waals surface area contributed by atoms with Crippen molar-refractivity contribution in [2.75, 3.05) is 13.8 Å². The highest BCUT2D eigenvalue weighted by molar-refractivity contribution is 8.18. The molecule has 28 heavy (non-hydrogen) atoms. The number of rotatable bonds is 2. The molecule has 144 valence electrons.